The summed E-state index contributed by atoms with van der Waals surface area (Å²) < 4.78 is 4.75. The zero-order chi connectivity index (χ0) is 25.0. The fourth-order valence-electron chi connectivity index (χ4n) is 3.91. The Kier molecular flexibility index (Phi) is 9.48. The number of carbonyl (C=O) groups is 2. The number of anilines is 3. The highest BCUT2D eigenvalue weighted by molar-refractivity contribution is 5.70. The summed E-state index contributed by atoms with van der Waals surface area (Å²) in [5, 5.41) is 12.0. The minimum Gasteiger partial charge on any atom is -0.481 e. The van der Waals surface area contributed by atoms with Gasteiger partial charge in [0.1, 0.15) is 6.10 Å². The van der Waals surface area contributed by atoms with E-state index in [2.05, 4.69) is 20.1 Å². The second-order valence-corrected chi connectivity index (χ2v) is 8.12. The van der Waals surface area contributed by atoms with Crippen LogP contribution in [0, 0.1) is 0 Å². The molecule has 3 aromatic rings. The standard InChI is InChI=1S/C18H22N4O2.C9H10O2/c1-19-16-3-2-8-20-18(16)22-11-9-21(10-12-22)15-6-4-14(5-7-15)13-17(23)24;1-8(11-7-10)9-5-3-2-4-6-9/h2-8,19H,9-13H2,1H3,(H,23,24);2-8H,1H3. The van der Waals surface area contributed by atoms with E-state index in [9.17, 15) is 9.59 Å². The number of carboxylic acid groups (broad SMARTS) is 1. The van der Waals surface area contributed by atoms with Gasteiger partial charge >= 0.3 is 5.97 Å². The zero-order valence-electron chi connectivity index (χ0n) is 20.1. The molecular weight excluding hydrogens is 444 g/mol. The number of rotatable bonds is 8. The number of benzene rings is 2. The van der Waals surface area contributed by atoms with Crippen molar-refractivity contribution in [2.45, 2.75) is 19.4 Å². The first-order valence-electron chi connectivity index (χ1n) is 11.6. The van der Waals surface area contributed by atoms with Crippen molar-refractivity contribution in [1.82, 2.24) is 4.98 Å². The van der Waals surface area contributed by atoms with Gasteiger partial charge in [-0.1, -0.05) is 42.5 Å². The molecule has 2 N–H and O–H groups in total. The zero-order valence-corrected chi connectivity index (χ0v) is 20.1. The molecule has 2 heterocycles. The van der Waals surface area contributed by atoms with Crippen molar-refractivity contribution in [2.24, 2.45) is 0 Å². The van der Waals surface area contributed by atoms with Gasteiger partial charge in [-0.15, -0.1) is 0 Å². The maximum Gasteiger partial charge on any atom is 0.307 e. The topological polar surface area (TPSA) is 95.0 Å². The van der Waals surface area contributed by atoms with Crippen molar-refractivity contribution in [1.29, 1.82) is 0 Å². The number of nitrogens with one attached hydrogen (secondary N) is 1. The van der Waals surface area contributed by atoms with Gasteiger partial charge in [0.05, 0.1) is 12.1 Å². The molecule has 0 bridgehead atoms. The van der Waals surface area contributed by atoms with Gasteiger partial charge in [0.25, 0.3) is 6.47 Å². The van der Waals surface area contributed by atoms with Crippen LogP contribution in [0.4, 0.5) is 17.2 Å². The number of nitrogens with zero attached hydrogens (tertiary/aromatic N) is 3. The van der Waals surface area contributed by atoms with Crippen LogP contribution in [0.1, 0.15) is 24.2 Å². The summed E-state index contributed by atoms with van der Waals surface area (Å²) in [4.78, 5) is 29.8. The fraction of sp³-hybridized carbons (Fsp3) is 0.296. The monoisotopic (exact) mass is 476 g/mol. The van der Waals surface area contributed by atoms with Gasteiger partial charge in [-0.25, -0.2) is 4.98 Å². The van der Waals surface area contributed by atoms with Crippen LogP contribution in [-0.4, -0.2) is 55.8 Å². The summed E-state index contributed by atoms with van der Waals surface area (Å²) in [5.74, 6) is 0.198. The summed E-state index contributed by atoms with van der Waals surface area (Å²) in [7, 11) is 1.91. The van der Waals surface area contributed by atoms with Gasteiger partial charge < -0.3 is 25.0 Å². The predicted octanol–water partition coefficient (Wildman–Crippen LogP) is 4.00. The Bertz CT molecular complexity index is 1070. The van der Waals surface area contributed by atoms with Gasteiger partial charge in [0.15, 0.2) is 5.82 Å². The summed E-state index contributed by atoms with van der Waals surface area (Å²) in [5.41, 5.74) is 4.03. The lowest BCUT2D eigenvalue weighted by atomic mass is 10.1. The molecule has 8 nitrogen and oxygen atoms in total. The summed E-state index contributed by atoms with van der Waals surface area (Å²) in [6, 6.07) is 21.4. The SMILES string of the molecule is CC(OC=O)c1ccccc1.CNc1cccnc1N1CCN(c2ccc(CC(=O)O)cc2)CC1. The summed E-state index contributed by atoms with van der Waals surface area (Å²) in [6.45, 7) is 5.95. The molecule has 1 saturated heterocycles. The quantitative estimate of drug-likeness (QED) is 0.471. The number of aromatic nitrogens is 1. The van der Waals surface area contributed by atoms with Gasteiger partial charge in [-0.3, -0.25) is 9.59 Å². The van der Waals surface area contributed by atoms with Crippen LogP contribution in [0.15, 0.2) is 72.9 Å². The maximum atomic E-state index is 10.8. The molecule has 1 unspecified atom stereocenters. The molecule has 0 spiro atoms. The molecule has 0 saturated carbocycles. The van der Waals surface area contributed by atoms with E-state index in [1.54, 1.807) is 0 Å². The van der Waals surface area contributed by atoms with Crippen LogP contribution in [0.2, 0.25) is 0 Å². The molecule has 2 aromatic carbocycles. The lowest BCUT2D eigenvalue weighted by Gasteiger charge is -2.37. The van der Waals surface area contributed by atoms with Gasteiger partial charge in [-0.2, -0.15) is 0 Å². The van der Waals surface area contributed by atoms with Crippen LogP contribution in [-0.2, 0) is 20.7 Å². The van der Waals surface area contributed by atoms with Crippen molar-refractivity contribution >= 4 is 29.6 Å². The van der Waals surface area contributed by atoms with E-state index in [0.29, 0.717) is 6.47 Å². The Labute approximate surface area is 206 Å². The normalized spacial score (nSPS) is 13.8. The molecule has 1 aliphatic heterocycles. The average Bonchev–Trinajstić information content (AvgIpc) is 2.90. The molecule has 0 aliphatic carbocycles. The van der Waals surface area contributed by atoms with Crippen LogP contribution in [0.25, 0.3) is 0 Å². The molecule has 0 amide bonds. The van der Waals surface area contributed by atoms with E-state index in [4.69, 9.17) is 9.84 Å². The number of aliphatic carboxylic acids is 1. The first-order chi connectivity index (χ1) is 17.0. The molecule has 8 heteroatoms. The van der Waals surface area contributed by atoms with Crippen molar-refractivity contribution in [3.63, 3.8) is 0 Å². The number of ether oxygens (including phenoxy) is 1. The van der Waals surface area contributed by atoms with Crippen LogP contribution in [0.3, 0.4) is 0 Å². The van der Waals surface area contributed by atoms with E-state index >= 15 is 0 Å². The van der Waals surface area contributed by atoms with Crippen molar-refractivity contribution in [2.75, 3.05) is 48.3 Å². The first kappa shape index (κ1) is 25.6. The smallest absolute Gasteiger partial charge is 0.307 e. The highest BCUT2D eigenvalue weighted by Crippen LogP contribution is 2.25. The molecule has 184 valence electrons. The average molecular weight is 477 g/mol. The number of hydrogen-bond donors (Lipinski definition) is 2. The summed E-state index contributed by atoms with van der Waals surface area (Å²) in [6.07, 6.45) is 1.75. The van der Waals surface area contributed by atoms with E-state index in [1.807, 2.05) is 86.9 Å². The number of pyridine rings is 1. The maximum absolute atomic E-state index is 10.8. The molecule has 1 aromatic heterocycles. The number of piperazine rings is 1. The summed E-state index contributed by atoms with van der Waals surface area (Å²) >= 11 is 0. The van der Waals surface area contributed by atoms with E-state index in [0.717, 1.165) is 54.5 Å². The number of hydrogen-bond acceptors (Lipinski definition) is 7. The lowest BCUT2D eigenvalue weighted by molar-refractivity contribution is -0.136. The Hall–Kier alpha value is -4.07. The van der Waals surface area contributed by atoms with Gasteiger partial charge in [0.2, 0.25) is 0 Å². The van der Waals surface area contributed by atoms with Crippen molar-refractivity contribution < 1.29 is 19.4 Å². The van der Waals surface area contributed by atoms with E-state index < -0.39 is 5.97 Å². The van der Waals surface area contributed by atoms with Gasteiger partial charge in [-0.05, 0) is 42.3 Å². The Morgan fingerprint density at radius 3 is 2.29 bits per heavy atom. The van der Waals surface area contributed by atoms with Crippen LogP contribution >= 0.6 is 0 Å². The molecule has 1 atom stereocenters. The third-order valence-corrected chi connectivity index (χ3v) is 5.82. The highest BCUT2D eigenvalue weighted by atomic mass is 16.5. The largest absolute Gasteiger partial charge is 0.481 e. The van der Waals surface area contributed by atoms with Gasteiger partial charge in [0, 0.05) is 45.1 Å². The Morgan fingerprint density at radius 1 is 1.03 bits per heavy atom. The Balaban J connectivity index is 0.000000261. The van der Waals surface area contributed by atoms with Crippen molar-refractivity contribution in [3.8, 4) is 0 Å². The van der Waals surface area contributed by atoms with Crippen molar-refractivity contribution in [3.05, 3.63) is 84.1 Å². The molecular formula is C27H32N4O4. The Morgan fingerprint density at radius 2 is 1.69 bits per heavy atom. The van der Waals surface area contributed by atoms with E-state index in [-0.39, 0.29) is 12.5 Å². The first-order valence-corrected chi connectivity index (χ1v) is 11.6. The third kappa shape index (κ3) is 7.46. The number of carboxylic acids is 1. The minimum atomic E-state index is -0.799. The van der Waals surface area contributed by atoms with E-state index in [1.165, 1.54) is 0 Å². The second-order valence-electron chi connectivity index (χ2n) is 8.12. The molecule has 1 fully saturated rings. The molecule has 4 rings (SSSR count). The second kappa shape index (κ2) is 13.0. The fourth-order valence-corrected chi connectivity index (χ4v) is 3.91. The predicted molar refractivity (Wildman–Crippen MR) is 138 cm³/mol. The molecule has 35 heavy (non-hydrogen) atoms. The highest BCUT2D eigenvalue weighted by Gasteiger charge is 2.20. The molecule has 1 aliphatic rings. The molecule has 0 radical (unpaired) electrons. The van der Waals surface area contributed by atoms with Crippen LogP contribution in [0.5, 0.6) is 0 Å². The minimum absolute atomic E-state index is 0.0700. The number of carbonyl (C=O) groups excluding carboxylic acids is 1. The van der Waals surface area contributed by atoms with Crippen LogP contribution < -0.4 is 15.1 Å². The third-order valence-electron chi connectivity index (χ3n) is 5.82. The lowest BCUT2D eigenvalue weighted by Crippen LogP contribution is -2.47.